The molecule has 1 aromatic carbocycles. The SMILES string of the molecule is Cc1nc(N)c(CO)nc1Sc1cccc(Cl)c1Cl. The number of nitrogen functional groups attached to an aromatic ring is 1. The number of benzene rings is 1. The summed E-state index contributed by atoms with van der Waals surface area (Å²) in [6, 6.07) is 5.37. The number of anilines is 1. The Balaban J connectivity index is 2.41. The van der Waals surface area contributed by atoms with Crippen LogP contribution in [0.3, 0.4) is 0 Å². The van der Waals surface area contributed by atoms with Crippen LogP contribution >= 0.6 is 35.0 Å². The molecule has 0 bridgehead atoms. The molecule has 7 heteroatoms. The molecule has 0 unspecified atom stereocenters. The molecule has 0 saturated carbocycles. The maximum atomic E-state index is 9.16. The van der Waals surface area contributed by atoms with Crippen LogP contribution in [-0.4, -0.2) is 15.1 Å². The highest BCUT2D eigenvalue weighted by Crippen LogP contribution is 2.37. The number of halogens is 2. The van der Waals surface area contributed by atoms with E-state index in [0.29, 0.717) is 26.5 Å². The number of rotatable bonds is 3. The van der Waals surface area contributed by atoms with E-state index in [9.17, 15) is 0 Å². The Morgan fingerprint density at radius 1 is 1.32 bits per heavy atom. The number of aryl methyl sites for hydroxylation is 1. The van der Waals surface area contributed by atoms with Crippen LogP contribution in [0.25, 0.3) is 0 Å². The van der Waals surface area contributed by atoms with Gasteiger partial charge in [0, 0.05) is 4.90 Å². The normalized spacial score (nSPS) is 10.7. The van der Waals surface area contributed by atoms with Gasteiger partial charge in [-0.15, -0.1) is 0 Å². The maximum absolute atomic E-state index is 9.16. The van der Waals surface area contributed by atoms with Crippen LogP contribution < -0.4 is 5.73 Å². The lowest BCUT2D eigenvalue weighted by atomic mass is 10.4. The fraction of sp³-hybridized carbons (Fsp3) is 0.167. The number of nitrogens with two attached hydrogens (primary N) is 1. The molecule has 4 nitrogen and oxygen atoms in total. The third kappa shape index (κ3) is 3.12. The van der Waals surface area contributed by atoms with Gasteiger partial charge in [-0.25, -0.2) is 9.97 Å². The summed E-state index contributed by atoms with van der Waals surface area (Å²) in [5, 5.41) is 10.8. The summed E-state index contributed by atoms with van der Waals surface area (Å²) in [5.74, 6) is 0.238. The Hall–Kier alpha value is -1.01. The zero-order chi connectivity index (χ0) is 14.0. The van der Waals surface area contributed by atoms with E-state index in [-0.39, 0.29) is 12.4 Å². The number of aliphatic hydroxyl groups excluding tert-OH is 1. The van der Waals surface area contributed by atoms with Crippen molar-refractivity contribution in [2.24, 2.45) is 0 Å². The van der Waals surface area contributed by atoms with Crippen molar-refractivity contribution >= 4 is 40.8 Å². The molecule has 0 aliphatic heterocycles. The van der Waals surface area contributed by atoms with Gasteiger partial charge in [0.1, 0.15) is 16.5 Å². The van der Waals surface area contributed by atoms with Gasteiger partial charge in [-0.05, 0) is 19.1 Å². The quantitative estimate of drug-likeness (QED) is 0.909. The minimum atomic E-state index is -0.254. The van der Waals surface area contributed by atoms with Crippen molar-refractivity contribution in [3.8, 4) is 0 Å². The van der Waals surface area contributed by atoms with Crippen LogP contribution in [0.5, 0.6) is 0 Å². The first-order chi connectivity index (χ1) is 9.02. The molecule has 0 aliphatic rings. The van der Waals surface area contributed by atoms with Gasteiger partial charge in [0.05, 0.1) is 22.3 Å². The second-order valence-corrected chi connectivity index (χ2v) is 5.57. The van der Waals surface area contributed by atoms with E-state index in [0.717, 1.165) is 4.90 Å². The number of hydrogen-bond acceptors (Lipinski definition) is 5. The Morgan fingerprint density at radius 2 is 2.05 bits per heavy atom. The molecule has 0 spiro atoms. The van der Waals surface area contributed by atoms with E-state index >= 15 is 0 Å². The highest BCUT2D eigenvalue weighted by molar-refractivity contribution is 7.99. The third-order valence-corrected chi connectivity index (χ3v) is 4.47. The first-order valence-corrected chi connectivity index (χ1v) is 6.96. The zero-order valence-electron chi connectivity index (χ0n) is 10.0. The molecule has 0 amide bonds. The van der Waals surface area contributed by atoms with Crippen molar-refractivity contribution in [3.63, 3.8) is 0 Å². The van der Waals surface area contributed by atoms with Gasteiger partial charge < -0.3 is 10.8 Å². The third-order valence-electron chi connectivity index (χ3n) is 2.40. The van der Waals surface area contributed by atoms with Gasteiger partial charge in [-0.1, -0.05) is 41.0 Å². The molecule has 0 aliphatic carbocycles. The summed E-state index contributed by atoms with van der Waals surface area (Å²) >= 11 is 13.4. The van der Waals surface area contributed by atoms with E-state index in [1.54, 1.807) is 13.0 Å². The topological polar surface area (TPSA) is 72.0 Å². The smallest absolute Gasteiger partial charge is 0.147 e. The summed E-state index contributed by atoms with van der Waals surface area (Å²) in [6.45, 7) is 1.54. The number of nitrogens with zero attached hydrogens (tertiary/aromatic N) is 2. The molecular formula is C12H11Cl2N3OS. The molecular weight excluding hydrogens is 305 g/mol. The van der Waals surface area contributed by atoms with E-state index in [1.807, 2.05) is 12.1 Å². The lowest BCUT2D eigenvalue weighted by Crippen LogP contribution is -2.04. The lowest BCUT2D eigenvalue weighted by molar-refractivity contribution is 0.276. The highest BCUT2D eigenvalue weighted by Gasteiger charge is 2.12. The highest BCUT2D eigenvalue weighted by atomic mass is 35.5. The van der Waals surface area contributed by atoms with Gasteiger partial charge in [0.15, 0.2) is 0 Å². The van der Waals surface area contributed by atoms with Crippen LogP contribution in [-0.2, 0) is 6.61 Å². The van der Waals surface area contributed by atoms with Gasteiger partial charge in [0.25, 0.3) is 0 Å². The predicted molar refractivity (Wildman–Crippen MR) is 77.7 cm³/mol. The average molecular weight is 316 g/mol. The zero-order valence-corrected chi connectivity index (χ0v) is 12.4. The van der Waals surface area contributed by atoms with Crippen LogP contribution in [0.2, 0.25) is 10.0 Å². The summed E-state index contributed by atoms with van der Waals surface area (Å²) in [6.07, 6.45) is 0. The van der Waals surface area contributed by atoms with Crippen molar-refractivity contribution < 1.29 is 5.11 Å². The van der Waals surface area contributed by atoms with Gasteiger partial charge in [0.2, 0.25) is 0 Å². The largest absolute Gasteiger partial charge is 0.390 e. The van der Waals surface area contributed by atoms with E-state index in [2.05, 4.69) is 9.97 Å². The van der Waals surface area contributed by atoms with E-state index in [1.165, 1.54) is 11.8 Å². The first-order valence-electron chi connectivity index (χ1n) is 5.38. The number of aliphatic hydroxyl groups is 1. The van der Waals surface area contributed by atoms with Crippen LogP contribution in [0.1, 0.15) is 11.4 Å². The van der Waals surface area contributed by atoms with Gasteiger partial charge in [-0.3, -0.25) is 0 Å². The molecule has 1 aromatic heterocycles. The Kier molecular flexibility index (Phi) is 4.52. The Labute approximate surface area is 125 Å². The second kappa shape index (κ2) is 5.96. The second-order valence-electron chi connectivity index (χ2n) is 3.76. The molecule has 19 heavy (non-hydrogen) atoms. The summed E-state index contributed by atoms with van der Waals surface area (Å²) in [4.78, 5) is 9.21. The monoisotopic (exact) mass is 315 g/mol. The van der Waals surface area contributed by atoms with Crippen molar-refractivity contribution in [1.82, 2.24) is 9.97 Å². The van der Waals surface area contributed by atoms with Crippen molar-refractivity contribution in [1.29, 1.82) is 0 Å². The molecule has 2 aromatic rings. The molecule has 0 radical (unpaired) electrons. The Morgan fingerprint density at radius 3 is 2.74 bits per heavy atom. The fourth-order valence-corrected chi connectivity index (χ4v) is 2.81. The Bertz CT molecular complexity index is 622. The maximum Gasteiger partial charge on any atom is 0.147 e. The number of aromatic nitrogens is 2. The molecule has 0 fully saturated rings. The minimum Gasteiger partial charge on any atom is -0.390 e. The van der Waals surface area contributed by atoms with Gasteiger partial charge in [-0.2, -0.15) is 0 Å². The fourth-order valence-electron chi connectivity index (χ4n) is 1.43. The van der Waals surface area contributed by atoms with E-state index in [4.69, 9.17) is 34.0 Å². The standard InChI is InChI=1S/C12H11Cl2N3OS/c1-6-12(17-8(5-18)11(15)16-6)19-9-4-2-3-7(13)10(9)14/h2-4,18H,5H2,1H3,(H2,15,16). The molecule has 1 heterocycles. The summed E-state index contributed by atoms with van der Waals surface area (Å²) in [7, 11) is 0. The van der Waals surface area contributed by atoms with E-state index < -0.39 is 0 Å². The van der Waals surface area contributed by atoms with Gasteiger partial charge >= 0.3 is 0 Å². The van der Waals surface area contributed by atoms with Crippen LogP contribution in [0.4, 0.5) is 5.82 Å². The summed E-state index contributed by atoms with van der Waals surface area (Å²) in [5.41, 5.74) is 6.69. The minimum absolute atomic E-state index is 0.238. The molecule has 0 saturated heterocycles. The van der Waals surface area contributed by atoms with Crippen LogP contribution in [0.15, 0.2) is 28.1 Å². The van der Waals surface area contributed by atoms with Crippen molar-refractivity contribution in [3.05, 3.63) is 39.6 Å². The number of hydrogen-bond donors (Lipinski definition) is 2. The van der Waals surface area contributed by atoms with Crippen molar-refractivity contribution in [2.75, 3.05) is 5.73 Å². The van der Waals surface area contributed by atoms with Crippen LogP contribution in [0, 0.1) is 6.92 Å². The molecule has 100 valence electrons. The molecule has 0 atom stereocenters. The first kappa shape index (κ1) is 14.4. The predicted octanol–water partition coefficient (Wildman–Crippen LogP) is 3.32. The summed E-state index contributed by atoms with van der Waals surface area (Å²) < 4.78 is 0. The average Bonchev–Trinajstić information content (AvgIpc) is 2.38. The molecule has 3 N–H and O–H groups in total. The lowest BCUT2D eigenvalue weighted by Gasteiger charge is -2.09. The molecule has 2 rings (SSSR count). The van der Waals surface area contributed by atoms with Crippen molar-refractivity contribution in [2.45, 2.75) is 23.5 Å².